The van der Waals surface area contributed by atoms with Crippen LogP contribution in [0.2, 0.25) is 0 Å². The van der Waals surface area contributed by atoms with Crippen LogP contribution in [-0.2, 0) is 6.42 Å². The Hall–Kier alpha value is -2.22. The van der Waals surface area contributed by atoms with Crippen LogP contribution in [0.15, 0.2) is 59.6 Å². The van der Waals surface area contributed by atoms with Crippen LogP contribution in [0, 0.1) is 0 Å². The fourth-order valence-electron chi connectivity index (χ4n) is 2.35. The van der Waals surface area contributed by atoms with E-state index >= 15 is 0 Å². The van der Waals surface area contributed by atoms with Crippen molar-refractivity contribution in [1.82, 2.24) is 0 Å². The molecule has 1 unspecified atom stereocenters. The Balaban J connectivity index is 1.95. The van der Waals surface area contributed by atoms with Crippen molar-refractivity contribution in [3.63, 3.8) is 0 Å². The van der Waals surface area contributed by atoms with E-state index in [1.165, 1.54) is 5.56 Å². The molecule has 1 atom stereocenters. The summed E-state index contributed by atoms with van der Waals surface area (Å²) in [5.74, 6) is 0.0659. The fraction of sp³-hybridized carbons (Fsp3) is 0.125. The first kappa shape index (κ1) is 10.9. The number of nitrogens with zero attached hydrogens (tertiary/aromatic N) is 1. The Labute approximate surface area is 106 Å². The van der Waals surface area contributed by atoms with Crippen LogP contribution in [0.1, 0.15) is 27.4 Å². The van der Waals surface area contributed by atoms with Crippen LogP contribution < -0.4 is 0 Å². The van der Waals surface area contributed by atoms with Gasteiger partial charge in [-0.05, 0) is 23.6 Å². The molecular weight excluding hydrogens is 222 g/mol. The van der Waals surface area contributed by atoms with Gasteiger partial charge in [-0.25, -0.2) is 4.99 Å². The Morgan fingerprint density at radius 1 is 0.944 bits per heavy atom. The Morgan fingerprint density at radius 2 is 1.67 bits per heavy atom. The number of fused-ring (bicyclic) bond motifs is 1. The van der Waals surface area contributed by atoms with Crippen LogP contribution in [0.5, 0.6) is 0 Å². The summed E-state index contributed by atoms with van der Waals surface area (Å²) in [4.78, 5) is 15.7. The predicted octanol–water partition coefficient (Wildman–Crippen LogP) is 3.24. The van der Waals surface area contributed by atoms with Gasteiger partial charge in [-0.2, -0.15) is 0 Å². The highest BCUT2D eigenvalue weighted by Gasteiger charge is 2.21. The largest absolute Gasteiger partial charge is 0.276 e. The molecule has 2 heteroatoms. The molecule has 1 heterocycles. The molecule has 0 saturated carbocycles. The van der Waals surface area contributed by atoms with E-state index in [4.69, 9.17) is 0 Å². The van der Waals surface area contributed by atoms with Gasteiger partial charge in [0.2, 0.25) is 0 Å². The molecule has 0 spiro atoms. The maximum Gasteiger partial charge on any atom is 0.276 e. The zero-order chi connectivity index (χ0) is 12.4. The number of carbonyl (C=O) groups excluding carboxylic acids is 1. The summed E-state index contributed by atoms with van der Waals surface area (Å²) in [6, 6.07) is 18.0. The number of hydrogen-bond donors (Lipinski definition) is 0. The smallest absolute Gasteiger partial charge is 0.267 e. The van der Waals surface area contributed by atoms with Crippen LogP contribution >= 0.6 is 0 Å². The second kappa shape index (κ2) is 4.57. The van der Waals surface area contributed by atoms with Crippen LogP contribution in [-0.4, -0.2) is 12.1 Å². The number of rotatable bonds is 2. The van der Waals surface area contributed by atoms with Crippen molar-refractivity contribution in [2.75, 3.05) is 0 Å². The molecule has 1 amide bonds. The second-order valence-electron chi connectivity index (χ2n) is 4.47. The van der Waals surface area contributed by atoms with E-state index in [-0.39, 0.29) is 11.8 Å². The number of carbonyl (C=O) groups is 1. The molecule has 0 aliphatic carbocycles. The average molecular weight is 235 g/mol. The zero-order valence-electron chi connectivity index (χ0n) is 9.91. The third kappa shape index (κ3) is 1.97. The van der Waals surface area contributed by atoms with E-state index in [2.05, 4.69) is 17.1 Å². The lowest BCUT2D eigenvalue weighted by Crippen LogP contribution is -2.15. The fourth-order valence-corrected chi connectivity index (χ4v) is 2.35. The van der Waals surface area contributed by atoms with E-state index < -0.39 is 0 Å². The quantitative estimate of drug-likeness (QED) is 0.785. The summed E-state index contributed by atoms with van der Waals surface area (Å²) in [6.07, 6.45) is 2.66. The Kier molecular flexibility index (Phi) is 2.77. The number of benzene rings is 2. The van der Waals surface area contributed by atoms with Gasteiger partial charge >= 0.3 is 0 Å². The molecule has 0 aromatic heterocycles. The van der Waals surface area contributed by atoms with Crippen LogP contribution in [0.3, 0.4) is 0 Å². The summed E-state index contributed by atoms with van der Waals surface area (Å²) in [6.45, 7) is 0. The van der Waals surface area contributed by atoms with Crippen molar-refractivity contribution in [1.29, 1.82) is 0 Å². The topological polar surface area (TPSA) is 29.4 Å². The molecule has 0 fully saturated rings. The molecule has 3 rings (SSSR count). The molecule has 0 radical (unpaired) electrons. The highest BCUT2D eigenvalue weighted by molar-refractivity contribution is 6.04. The van der Waals surface area contributed by atoms with Crippen molar-refractivity contribution in [3.05, 3.63) is 71.3 Å². The van der Waals surface area contributed by atoms with E-state index in [1.54, 1.807) is 6.21 Å². The molecule has 0 N–H and O–H groups in total. The third-order valence-corrected chi connectivity index (χ3v) is 3.26. The normalized spacial score (nSPS) is 17.6. The molecule has 0 saturated heterocycles. The monoisotopic (exact) mass is 235 g/mol. The van der Waals surface area contributed by atoms with Crippen molar-refractivity contribution in [3.8, 4) is 0 Å². The summed E-state index contributed by atoms with van der Waals surface area (Å²) < 4.78 is 0. The third-order valence-electron chi connectivity index (χ3n) is 3.26. The molecule has 0 bridgehead atoms. The summed E-state index contributed by atoms with van der Waals surface area (Å²) in [5, 5.41) is 0. The zero-order valence-corrected chi connectivity index (χ0v) is 9.91. The first-order valence-electron chi connectivity index (χ1n) is 6.06. The standard InChI is InChI=1S/C16H13NO/c18-16-15-9-5-4-8-14(15)13(11-17-16)10-12-6-2-1-3-7-12/h1-9,11,13H,10H2. The van der Waals surface area contributed by atoms with Gasteiger partial charge in [0.1, 0.15) is 0 Å². The minimum Gasteiger partial charge on any atom is -0.267 e. The van der Waals surface area contributed by atoms with Crippen molar-refractivity contribution < 1.29 is 4.79 Å². The van der Waals surface area contributed by atoms with Gasteiger partial charge in [0.25, 0.3) is 5.91 Å². The van der Waals surface area contributed by atoms with Gasteiger partial charge in [-0.1, -0.05) is 48.5 Å². The van der Waals surface area contributed by atoms with Crippen LogP contribution in [0.4, 0.5) is 0 Å². The Morgan fingerprint density at radius 3 is 2.50 bits per heavy atom. The molecule has 1 aliphatic heterocycles. The first-order valence-corrected chi connectivity index (χ1v) is 6.06. The van der Waals surface area contributed by atoms with E-state index in [0.29, 0.717) is 0 Å². The van der Waals surface area contributed by atoms with Gasteiger partial charge in [0.05, 0.1) is 0 Å². The maximum absolute atomic E-state index is 11.7. The first-order chi connectivity index (χ1) is 8.84. The lowest BCUT2D eigenvalue weighted by molar-refractivity contribution is 0.1000. The van der Waals surface area contributed by atoms with Gasteiger partial charge in [0, 0.05) is 17.7 Å². The maximum atomic E-state index is 11.7. The van der Waals surface area contributed by atoms with E-state index in [1.807, 2.05) is 42.5 Å². The molecule has 88 valence electrons. The van der Waals surface area contributed by atoms with Crippen molar-refractivity contribution in [2.24, 2.45) is 4.99 Å². The number of hydrogen-bond acceptors (Lipinski definition) is 1. The molecule has 18 heavy (non-hydrogen) atoms. The molecule has 1 aliphatic rings. The average Bonchev–Trinajstić information content (AvgIpc) is 2.44. The highest BCUT2D eigenvalue weighted by Crippen LogP contribution is 2.26. The van der Waals surface area contributed by atoms with Gasteiger partial charge < -0.3 is 0 Å². The second-order valence-corrected chi connectivity index (χ2v) is 4.47. The van der Waals surface area contributed by atoms with E-state index in [9.17, 15) is 4.79 Å². The van der Waals surface area contributed by atoms with Crippen molar-refractivity contribution in [2.45, 2.75) is 12.3 Å². The van der Waals surface area contributed by atoms with Gasteiger partial charge in [-0.3, -0.25) is 4.79 Å². The molecular formula is C16H13NO. The molecule has 2 aromatic rings. The SMILES string of the molecule is O=C1N=CC(Cc2ccccc2)c2ccccc21. The summed E-state index contributed by atoms with van der Waals surface area (Å²) in [5.41, 5.74) is 3.08. The molecule has 2 aromatic carbocycles. The number of aliphatic imine (C=N–C) groups is 1. The predicted molar refractivity (Wildman–Crippen MR) is 72.2 cm³/mol. The lowest BCUT2D eigenvalue weighted by Gasteiger charge is -2.19. The van der Waals surface area contributed by atoms with Crippen molar-refractivity contribution >= 4 is 12.1 Å². The lowest BCUT2D eigenvalue weighted by atomic mass is 9.88. The number of amides is 1. The highest BCUT2D eigenvalue weighted by atomic mass is 16.1. The van der Waals surface area contributed by atoms with Gasteiger partial charge in [-0.15, -0.1) is 0 Å². The van der Waals surface area contributed by atoms with Gasteiger partial charge in [0.15, 0.2) is 0 Å². The van der Waals surface area contributed by atoms with E-state index in [0.717, 1.165) is 17.5 Å². The Bertz CT molecular complexity index is 602. The van der Waals surface area contributed by atoms with Crippen LogP contribution in [0.25, 0.3) is 0 Å². The minimum atomic E-state index is -0.130. The minimum absolute atomic E-state index is 0.130. The molecule has 2 nitrogen and oxygen atoms in total. The summed E-state index contributed by atoms with van der Waals surface area (Å²) >= 11 is 0. The summed E-state index contributed by atoms with van der Waals surface area (Å²) in [7, 11) is 0.